The van der Waals surface area contributed by atoms with Crippen LogP contribution in [0.2, 0.25) is 0 Å². The number of carbonyl (C=O) groups is 1. The van der Waals surface area contributed by atoms with Gasteiger partial charge in [0.1, 0.15) is 6.07 Å². The van der Waals surface area contributed by atoms with Crippen molar-refractivity contribution < 1.29 is 9.90 Å². The molecule has 3 rings (SSSR count). The molecule has 1 saturated carbocycles. The molecule has 1 aromatic carbocycles. The van der Waals surface area contributed by atoms with Crippen LogP contribution in [0.15, 0.2) is 36.5 Å². The van der Waals surface area contributed by atoms with Gasteiger partial charge in [0, 0.05) is 17.8 Å². The lowest BCUT2D eigenvalue weighted by atomic mass is 9.95. The van der Waals surface area contributed by atoms with E-state index < -0.39 is 5.97 Å². The molecule has 0 saturated heterocycles. The molecular weight excluding hydrogens is 302 g/mol. The van der Waals surface area contributed by atoms with Crippen molar-refractivity contribution in [1.29, 1.82) is 5.26 Å². The van der Waals surface area contributed by atoms with Crippen molar-refractivity contribution in [2.24, 2.45) is 0 Å². The van der Waals surface area contributed by atoms with E-state index in [0.717, 1.165) is 24.1 Å². The quantitative estimate of drug-likeness (QED) is 0.886. The maximum Gasteiger partial charge on any atom is 0.335 e. The second-order valence-electron chi connectivity index (χ2n) is 6.09. The van der Waals surface area contributed by atoms with E-state index in [0.29, 0.717) is 17.3 Å². The van der Waals surface area contributed by atoms with Gasteiger partial charge in [0.05, 0.1) is 22.5 Å². The summed E-state index contributed by atoms with van der Waals surface area (Å²) in [6.45, 7) is 0. The Morgan fingerprint density at radius 1 is 1.21 bits per heavy atom. The maximum atomic E-state index is 11.1. The van der Waals surface area contributed by atoms with Crippen LogP contribution in [0.25, 0.3) is 11.3 Å². The number of benzene rings is 1. The zero-order valence-corrected chi connectivity index (χ0v) is 13.3. The number of anilines is 1. The fourth-order valence-corrected chi connectivity index (χ4v) is 3.11. The third-order valence-electron chi connectivity index (χ3n) is 4.41. The Bertz CT molecular complexity index is 789. The van der Waals surface area contributed by atoms with E-state index in [1.54, 1.807) is 6.07 Å². The van der Waals surface area contributed by atoms with Gasteiger partial charge >= 0.3 is 5.97 Å². The van der Waals surface area contributed by atoms with Gasteiger partial charge in [-0.3, -0.25) is 4.98 Å². The minimum absolute atomic E-state index is 0.183. The monoisotopic (exact) mass is 321 g/mol. The molecule has 1 fully saturated rings. The Labute approximate surface area is 141 Å². The van der Waals surface area contributed by atoms with E-state index in [-0.39, 0.29) is 5.56 Å². The number of aromatic nitrogens is 1. The molecule has 1 aromatic heterocycles. The average molecular weight is 321 g/mol. The predicted octanol–water partition coefficient (Wildman–Crippen LogP) is 4.06. The molecule has 0 bridgehead atoms. The highest BCUT2D eigenvalue weighted by Crippen LogP contribution is 2.27. The summed E-state index contributed by atoms with van der Waals surface area (Å²) in [5.41, 5.74) is 2.87. The molecule has 1 aliphatic rings. The first kappa shape index (κ1) is 16.0. The fraction of sp³-hybridized carbons (Fsp3) is 0.316. The van der Waals surface area contributed by atoms with Crippen LogP contribution in [0, 0.1) is 11.3 Å². The van der Waals surface area contributed by atoms with Crippen LogP contribution < -0.4 is 5.32 Å². The highest BCUT2D eigenvalue weighted by Gasteiger charge is 2.15. The van der Waals surface area contributed by atoms with Gasteiger partial charge in [0.15, 0.2) is 0 Å². The van der Waals surface area contributed by atoms with E-state index in [2.05, 4.69) is 16.4 Å². The van der Waals surface area contributed by atoms with Crippen LogP contribution in [-0.4, -0.2) is 22.1 Å². The molecule has 1 aliphatic carbocycles. The number of nitriles is 1. The third kappa shape index (κ3) is 3.54. The average Bonchev–Trinajstić information content (AvgIpc) is 2.63. The van der Waals surface area contributed by atoms with E-state index in [9.17, 15) is 10.1 Å². The minimum atomic E-state index is -0.991. The molecule has 0 amide bonds. The zero-order chi connectivity index (χ0) is 16.9. The molecule has 122 valence electrons. The fourth-order valence-electron chi connectivity index (χ4n) is 3.11. The van der Waals surface area contributed by atoms with E-state index in [4.69, 9.17) is 5.11 Å². The van der Waals surface area contributed by atoms with E-state index in [1.807, 2.05) is 12.1 Å². The molecule has 0 spiro atoms. The normalized spacial score (nSPS) is 14.8. The number of hydrogen-bond acceptors (Lipinski definition) is 4. The zero-order valence-electron chi connectivity index (χ0n) is 13.3. The van der Waals surface area contributed by atoms with Gasteiger partial charge in [-0.25, -0.2) is 4.79 Å². The molecule has 0 aliphatic heterocycles. The molecule has 0 radical (unpaired) electrons. The largest absolute Gasteiger partial charge is 0.478 e. The summed E-state index contributed by atoms with van der Waals surface area (Å²) >= 11 is 0. The maximum absolute atomic E-state index is 11.1. The molecule has 5 heteroatoms. The Kier molecular flexibility index (Phi) is 4.76. The molecule has 24 heavy (non-hydrogen) atoms. The molecule has 2 N–H and O–H groups in total. The summed E-state index contributed by atoms with van der Waals surface area (Å²) in [5.74, 6) is -0.991. The van der Waals surface area contributed by atoms with E-state index in [1.165, 1.54) is 37.6 Å². The van der Waals surface area contributed by atoms with Crippen LogP contribution in [0.5, 0.6) is 0 Å². The smallest absolute Gasteiger partial charge is 0.335 e. The van der Waals surface area contributed by atoms with Crippen LogP contribution in [-0.2, 0) is 0 Å². The van der Waals surface area contributed by atoms with Crippen molar-refractivity contribution in [3.63, 3.8) is 0 Å². The van der Waals surface area contributed by atoms with E-state index >= 15 is 0 Å². The van der Waals surface area contributed by atoms with Gasteiger partial charge < -0.3 is 10.4 Å². The Morgan fingerprint density at radius 2 is 2.00 bits per heavy atom. The van der Waals surface area contributed by atoms with Crippen LogP contribution >= 0.6 is 0 Å². The molecule has 5 nitrogen and oxygen atoms in total. The predicted molar refractivity (Wildman–Crippen MR) is 91.8 cm³/mol. The number of nitrogens with one attached hydrogen (secondary N) is 1. The number of aromatic carboxylic acids is 1. The first-order valence-corrected chi connectivity index (χ1v) is 8.18. The highest BCUT2D eigenvalue weighted by molar-refractivity contribution is 5.89. The van der Waals surface area contributed by atoms with Crippen molar-refractivity contribution in [3.8, 4) is 17.3 Å². The first-order valence-electron chi connectivity index (χ1n) is 8.18. The third-order valence-corrected chi connectivity index (χ3v) is 4.41. The molecular formula is C19H19N3O2. The van der Waals surface area contributed by atoms with Crippen LogP contribution in [0.4, 0.5) is 5.69 Å². The number of pyridine rings is 1. The highest BCUT2D eigenvalue weighted by atomic mass is 16.4. The summed E-state index contributed by atoms with van der Waals surface area (Å²) in [6, 6.07) is 11.1. The second kappa shape index (κ2) is 7.14. The first-order chi connectivity index (χ1) is 11.7. The van der Waals surface area contributed by atoms with Crippen LogP contribution in [0.1, 0.15) is 48.0 Å². The summed E-state index contributed by atoms with van der Waals surface area (Å²) in [5, 5.41) is 22.0. The van der Waals surface area contributed by atoms with Crippen molar-refractivity contribution in [2.75, 3.05) is 5.32 Å². The standard InChI is InChI=1S/C19H19N3O2/c20-12-15-10-13(18-11-14(19(23)24)8-9-21-18)6-7-17(15)22-16-4-2-1-3-5-16/h6-11,16,22H,1-5H2,(H,23,24). The topological polar surface area (TPSA) is 86.0 Å². The van der Waals surface area contributed by atoms with Crippen molar-refractivity contribution >= 4 is 11.7 Å². The number of carboxylic acids is 1. The van der Waals surface area contributed by atoms with Gasteiger partial charge in [0.2, 0.25) is 0 Å². The Morgan fingerprint density at radius 3 is 2.71 bits per heavy atom. The van der Waals surface area contributed by atoms with Crippen LogP contribution in [0.3, 0.4) is 0 Å². The summed E-state index contributed by atoms with van der Waals surface area (Å²) in [7, 11) is 0. The number of hydrogen-bond donors (Lipinski definition) is 2. The summed E-state index contributed by atoms with van der Waals surface area (Å²) in [4.78, 5) is 15.3. The molecule has 0 atom stereocenters. The minimum Gasteiger partial charge on any atom is -0.478 e. The van der Waals surface area contributed by atoms with Gasteiger partial charge in [-0.05, 0) is 37.1 Å². The number of carboxylic acid groups (broad SMARTS) is 1. The van der Waals surface area contributed by atoms with Gasteiger partial charge in [-0.15, -0.1) is 0 Å². The molecule has 2 aromatic rings. The van der Waals surface area contributed by atoms with Gasteiger partial charge in [-0.1, -0.05) is 25.3 Å². The molecule has 1 heterocycles. The lowest BCUT2D eigenvalue weighted by Gasteiger charge is -2.24. The van der Waals surface area contributed by atoms with Gasteiger partial charge in [-0.2, -0.15) is 5.26 Å². The second-order valence-corrected chi connectivity index (χ2v) is 6.09. The van der Waals surface area contributed by atoms with Crippen molar-refractivity contribution in [3.05, 3.63) is 47.7 Å². The summed E-state index contributed by atoms with van der Waals surface area (Å²) < 4.78 is 0. The van der Waals surface area contributed by atoms with Crippen molar-refractivity contribution in [1.82, 2.24) is 4.98 Å². The van der Waals surface area contributed by atoms with Crippen molar-refractivity contribution in [2.45, 2.75) is 38.1 Å². The molecule has 0 unspecified atom stereocenters. The Hall–Kier alpha value is -2.87. The summed E-state index contributed by atoms with van der Waals surface area (Å²) in [6.07, 6.45) is 7.48. The lowest BCUT2D eigenvalue weighted by Crippen LogP contribution is -2.22. The van der Waals surface area contributed by atoms with Gasteiger partial charge in [0.25, 0.3) is 0 Å². The lowest BCUT2D eigenvalue weighted by molar-refractivity contribution is 0.0697. The number of rotatable bonds is 4. The Balaban J connectivity index is 1.87. The SMILES string of the molecule is N#Cc1cc(-c2cc(C(=O)O)ccn2)ccc1NC1CCCCC1. The number of nitrogens with zero attached hydrogens (tertiary/aromatic N) is 2.